The molecule has 0 saturated carbocycles. The number of guanidine groups is 1. The summed E-state index contributed by atoms with van der Waals surface area (Å²) >= 11 is 0. The summed E-state index contributed by atoms with van der Waals surface area (Å²) in [7, 11) is 0. The normalized spacial score (nSPS) is 11.2. The predicted octanol–water partition coefficient (Wildman–Crippen LogP) is 0.803. The Bertz CT molecular complexity index is 441. The van der Waals surface area contributed by atoms with Crippen LogP contribution in [0.25, 0.3) is 0 Å². The van der Waals surface area contributed by atoms with Gasteiger partial charge in [-0.1, -0.05) is 20.3 Å². The number of hydrogen-bond donors (Lipinski definition) is 3. The van der Waals surface area contributed by atoms with Crippen molar-refractivity contribution in [3.63, 3.8) is 0 Å². The second-order valence-corrected chi connectivity index (χ2v) is 5.07. The number of aliphatic hydroxyl groups is 1. The average Bonchev–Trinajstić information content (AvgIpc) is 3.02. The molecule has 0 aliphatic carbocycles. The first-order valence-electron chi connectivity index (χ1n) is 8.39. The molecule has 0 fully saturated rings. The zero-order chi connectivity index (χ0) is 16.8. The van der Waals surface area contributed by atoms with Crippen molar-refractivity contribution >= 4 is 29.9 Å². The maximum atomic E-state index is 8.67. The number of hydrogen-bond acceptors (Lipinski definition) is 5. The minimum Gasteiger partial charge on any atom is -0.394 e. The van der Waals surface area contributed by atoms with Crippen LogP contribution in [0.15, 0.2) is 11.3 Å². The van der Waals surface area contributed by atoms with Gasteiger partial charge in [0, 0.05) is 32.6 Å². The second-order valence-electron chi connectivity index (χ2n) is 5.07. The fraction of sp³-hybridized carbons (Fsp3) is 0.800. The van der Waals surface area contributed by atoms with Crippen LogP contribution in [0, 0.1) is 0 Å². The molecule has 1 rings (SSSR count). The minimum absolute atomic E-state index is 0. The van der Waals surface area contributed by atoms with E-state index in [-0.39, 0.29) is 30.6 Å². The van der Waals surface area contributed by atoms with Crippen molar-refractivity contribution in [3.05, 3.63) is 12.2 Å². The summed E-state index contributed by atoms with van der Waals surface area (Å²) in [6.45, 7) is 8.18. The Hall–Kier alpha value is -0.940. The van der Waals surface area contributed by atoms with Gasteiger partial charge in [-0.3, -0.25) is 4.99 Å². The molecule has 0 amide bonds. The summed E-state index contributed by atoms with van der Waals surface area (Å²) in [5, 5.41) is 23.2. The molecule has 0 saturated heterocycles. The maximum absolute atomic E-state index is 8.67. The van der Waals surface area contributed by atoms with Crippen LogP contribution in [-0.2, 0) is 17.7 Å². The lowest BCUT2D eigenvalue weighted by atomic mass is 10.3. The molecule has 3 N–H and O–H groups in total. The summed E-state index contributed by atoms with van der Waals surface area (Å²) in [5.74, 6) is 1.78. The molecule has 24 heavy (non-hydrogen) atoms. The molecule has 1 aromatic rings. The molecule has 1 heterocycles. The molecule has 8 nitrogen and oxygen atoms in total. The number of unbranched alkanes of at least 4 members (excludes halogenated alkanes) is 1. The highest BCUT2D eigenvalue weighted by Gasteiger charge is 2.02. The zero-order valence-corrected chi connectivity index (χ0v) is 17.0. The first-order valence-corrected chi connectivity index (χ1v) is 8.39. The zero-order valence-electron chi connectivity index (χ0n) is 14.7. The number of aliphatic hydroxyl groups excluding tert-OH is 1. The fourth-order valence-electron chi connectivity index (χ4n) is 1.97. The smallest absolute Gasteiger partial charge is 0.191 e. The first kappa shape index (κ1) is 23.1. The van der Waals surface area contributed by atoms with Crippen LogP contribution >= 0.6 is 24.0 Å². The molecular formula is C15H31IN6O2. The van der Waals surface area contributed by atoms with Gasteiger partial charge in [-0.15, -0.1) is 34.2 Å². The predicted molar refractivity (Wildman–Crippen MR) is 106 cm³/mol. The van der Waals surface area contributed by atoms with Gasteiger partial charge >= 0.3 is 0 Å². The van der Waals surface area contributed by atoms with Crippen LogP contribution in [0.2, 0.25) is 0 Å². The van der Waals surface area contributed by atoms with Crippen molar-refractivity contribution < 1.29 is 9.84 Å². The summed E-state index contributed by atoms with van der Waals surface area (Å²) < 4.78 is 7.28. The van der Waals surface area contributed by atoms with Crippen LogP contribution < -0.4 is 10.6 Å². The van der Waals surface area contributed by atoms with Gasteiger partial charge in [0.15, 0.2) is 5.96 Å². The van der Waals surface area contributed by atoms with Crippen LogP contribution in [0.3, 0.4) is 0 Å². The minimum atomic E-state index is 0. The van der Waals surface area contributed by atoms with Crippen molar-refractivity contribution in [2.45, 2.75) is 39.7 Å². The molecule has 0 unspecified atom stereocenters. The number of rotatable bonds is 12. The number of aromatic nitrogens is 3. The molecule has 1 aromatic heterocycles. The monoisotopic (exact) mass is 454 g/mol. The Morgan fingerprint density at radius 1 is 1.29 bits per heavy atom. The van der Waals surface area contributed by atoms with Gasteiger partial charge in [0.1, 0.15) is 12.2 Å². The highest BCUT2D eigenvalue weighted by atomic mass is 127. The van der Waals surface area contributed by atoms with E-state index in [2.05, 4.69) is 39.7 Å². The number of aliphatic imine (C=N–C) groups is 1. The molecule has 0 spiro atoms. The van der Waals surface area contributed by atoms with E-state index in [1.54, 1.807) is 6.33 Å². The van der Waals surface area contributed by atoms with Crippen molar-refractivity contribution in [1.82, 2.24) is 25.4 Å². The highest BCUT2D eigenvalue weighted by Crippen LogP contribution is 1.94. The third-order valence-electron chi connectivity index (χ3n) is 3.21. The molecule has 0 radical (unpaired) electrons. The van der Waals surface area contributed by atoms with E-state index in [1.807, 2.05) is 4.57 Å². The first-order chi connectivity index (χ1) is 11.3. The van der Waals surface area contributed by atoms with E-state index < -0.39 is 0 Å². The van der Waals surface area contributed by atoms with Gasteiger partial charge in [-0.2, -0.15) is 0 Å². The molecule has 0 aliphatic rings. The SMILES string of the molecule is CCCCN=C(NCCOCCO)NCCn1cnnc1CC.I. The number of ether oxygens (including phenoxy) is 1. The second kappa shape index (κ2) is 15.6. The van der Waals surface area contributed by atoms with Crippen LogP contribution in [0.4, 0.5) is 0 Å². The Balaban J connectivity index is 0.00000529. The fourth-order valence-corrected chi connectivity index (χ4v) is 1.97. The molecule has 9 heteroatoms. The molecular weight excluding hydrogens is 423 g/mol. The number of nitrogens with one attached hydrogen (secondary N) is 2. The molecule has 0 atom stereocenters. The topological polar surface area (TPSA) is 96.6 Å². The summed E-state index contributed by atoms with van der Waals surface area (Å²) in [6.07, 6.45) is 4.82. The third kappa shape index (κ3) is 10.0. The Morgan fingerprint density at radius 2 is 2.08 bits per heavy atom. The van der Waals surface area contributed by atoms with E-state index >= 15 is 0 Å². The van der Waals surface area contributed by atoms with E-state index in [1.165, 1.54) is 0 Å². The summed E-state index contributed by atoms with van der Waals surface area (Å²) in [5.41, 5.74) is 0. The van der Waals surface area contributed by atoms with Gasteiger partial charge in [-0.25, -0.2) is 0 Å². The highest BCUT2D eigenvalue weighted by molar-refractivity contribution is 14.0. The molecule has 140 valence electrons. The van der Waals surface area contributed by atoms with Crippen molar-refractivity contribution in [2.24, 2.45) is 4.99 Å². The van der Waals surface area contributed by atoms with Crippen molar-refractivity contribution in [2.75, 3.05) is 39.5 Å². The molecule has 0 aromatic carbocycles. The largest absolute Gasteiger partial charge is 0.394 e. The van der Waals surface area contributed by atoms with Crippen LogP contribution in [-0.4, -0.2) is 65.3 Å². The van der Waals surface area contributed by atoms with Gasteiger partial charge in [0.05, 0.1) is 19.8 Å². The van der Waals surface area contributed by atoms with Gasteiger partial charge < -0.3 is 25.0 Å². The number of nitrogens with zero attached hydrogens (tertiary/aromatic N) is 4. The lowest BCUT2D eigenvalue weighted by Crippen LogP contribution is -2.40. The lowest BCUT2D eigenvalue weighted by molar-refractivity contribution is 0.0957. The van der Waals surface area contributed by atoms with Gasteiger partial charge in [-0.05, 0) is 6.42 Å². The Morgan fingerprint density at radius 3 is 2.79 bits per heavy atom. The van der Waals surface area contributed by atoms with Gasteiger partial charge in [0.2, 0.25) is 0 Å². The van der Waals surface area contributed by atoms with E-state index in [4.69, 9.17) is 9.84 Å². The third-order valence-corrected chi connectivity index (χ3v) is 3.21. The van der Waals surface area contributed by atoms with Crippen molar-refractivity contribution in [3.8, 4) is 0 Å². The molecule has 0 bridgehead atoms. The Kier molecular flexibility index (Phi) is 15.0. The lowest BCUT2D eigenvalue weighted by Gasteiger charge is -2.13. The maximum Gasteiger partial charge on any atom is 0.191 e. The van der Waals surface area contributed by atoms with Crippen LogP contribution in [0.5, 0.6) is 0 Å². The van der Waals surface area contributed by atoms with E-state index in [0.717, 1.165) is 50.7 Å². The average molecular weight is 454 g/mol. The van der Waals surface area contributed by atoms with Crippen LogP contribution in [0.1, 0.15) is 32.5 Å². The van der Waals surface area contributed by atoms with Crippen molar-refractivity contribution in [1.29, 1.82) is 0 Å². The number of halogens is 1. The quantitative estimate of drug-likeness (QED) is 0.187. The Labute approximate surface area is 161 Å². The summed E-state index contributed by atoms with van der Waals surface area (Å²) in [6, 6.07) is 0. The van der Waals surface area contributed by atoms with Gasteiger partial charge in [0.25, 0.3) is 0 Å². The molecule has 0 aliphatic heterocycles. The number of aryl methyl sites for hydroxylation is 1. The van der Waals surface area contributed by atoms with E-state index in [9.17, 15) is 0 Å². The summed E-state index contributed by atoms with van der Waals surface area (Å²) in [4.78, 5) is 4.54. The standard InChI is InChI=1S/C15H30N6O2.HI/c1-3-5-6-16-15(18-8-11-23-12-10-22)17-7-9-21-13-19-20-14(21)4-2;/h13,22H,3-12H2,1-2H3,(H2,16,17,18);1H. The van der Waals surface area contributed by atoms with E-state index in [0.29, 0.717) is 19.8 Å².